The molecule has 3 unspecified atom stereocenters. The molecule has 2 aliphatic carbocycles. The van der Waals surface area contributed by atoms with Crippen molar-refractivity contribution in [3.05, 3.63) is 0 Å². The van der Waals surface area contributed by atoms with Gasteiger partial charge in [0.2, 0.25) is 5.91 Å². The molecule has 4 heteroatoms. The molecule has 1 aliphatic heterocycles. The van der Waals surface area contributed by atoms with E-state index < -0.39 is 0 Å². The van der Waals surface area contributed by atoms with Crippen molar-refractivity contribution >= 4 is 18.3 Å². The Morgan fingerprint density at radius 2 is 1.95 bits per heavy atom. The third-order valence-electron chi connectivity index (χ3n) is 5.20. The molecule has 110 valence electrons. The third kappa shape index (κ3) is 3.25. The van der Waals surface area contributed by atoms with Gasteiger partial charge < -0.3 is 10.2 Å². The molecule has 1 amide bonds. The molecule has 3 aliphatic rings. The van der Waals surface area contributed by atoms with Crippen LogP contribution < -0.4 is 5.32 Å². The molecule has 1 saturated heterocycles. The molecule has 3 atom stereocenters. The zero-order valence-corrected chi connectivity index (χ0v) is 12.8. The molecule has 0 spiro atoms. The maximum absolute atomic E-state index is 12.5. The number of hydrogen-bond donors (Lipinski definition) is 1. The Hall–Kier alpha value is -0.280. The summed E-state index contributed by atoms with van der Waals surface area (Å²) in [4.78, 5) is 14.7. The van der Waals surface area contributed by atoms with Crippen molar-refractivity contribution < 1.29 is 4.79 Å². The fourth-order valence-corrected chi connectivity index (χ4v) is 3.96. The van der Waals surface area contributed by atoms with Gasteiger partial charge in [0.15, 0.2) is 0 Å². The lowest BCUT2D eigenvalue weighted by Crippen LogP contribution is -2.52. The molecule has 3 nitrogen and oxygen atoms in total. The topological polar surface area (TPSA) is 32.3 Å². The lowest BCUT2D eigenvalue weighted by atomic mass is 9.85. The van der Waals surface area contributed by atoms with Gasteiger partial charge in [-0.05, 0) is 25.2 Å². The van der Waals surface area contributed by atoms with Gasteiger partial charge in [-0.2, -0.15) is 0 Å². The highest BCUT2D eigenvalue weighted by Crippen LogP contribution is 2.50. The van der Waals surface area contributed by atoms with Crippen LogP contribution in [0, 0.1) is 17.8 Å². The normalized spacial score (nSPS) is 35.6. The lowest BCUT2D eigenvalue weighted by molar-refractivity contribution is -0.135. The minimum absolute atomic E-state index is 0. The monoisotopic (exact) mass is 286 g/mol. The Labute approximate surface area is 122 Å². The predicted octanol–water partition coefficient (Wildman–Crippen LogP) is 2.44. The van der Waals surface area contributed by atoms with E-state index in [2.05, 4.69) is 17.1 Å². The Bertz CT molecular complexity index is 317. The lowest BCUT2D eigenvalue weighted by Gasteiger charge is -2.34. The third-order valence-corrected chi connectivity index (χ3v) is 5.20. The average Bonchev–Trinajstić information content (AvgIpc) is 3.20. The highest BCUT2D eigenvalue weighted by molar-refractivity contribution is 5.85. The second kappa shape index (κ2) is 6.45. The van der Waals surface area contributed by atoms with Crippen molar-refractivity contribution in [2.75, 3.05) is 19.6 Å². The molecule has 0 aromatic heterocycles. The van der Waals surface area contributed by atoms with Crippen LogP contribution in [-0.4, -0.2) is 36.5 Å². The Balaban J connectivity index is 0.00000133. The summed E-state index contributed by atoms with van der Waals surface area (Å²) in [6.45, 7) is 5.01. The van der Waals surface area contributed by atoms with E-state index in [-0.39, 0.29) is 12.4 Å². The molecule has 1 heterocycles. The van der Waals surface area contributed by atoms with E-state index in [1.807, 2.05) is 0 Å². The molecule has 2 saturated carbocycles. The number of amides is 1. The number of nitrogens with zero attached hydrogens (tertiary/aromatic N) is 1. The first-order valence-electron chi connectivity index (χ1n) is 7.78. The quantitative estimate of drug-likeness (QED) is 0.846. The van der Waals surface area contributed by atoms with Gasteiger partial charge in [0.05, 0.1) is 0 Å². The maximum atomic E-state index is 12.5. The molecule has 1 N–H and O–H groups in total. The fraction of sp³-hybridized carbons (Fsp3) is 0.933. The zero-order valence-electron chi connectivity index (χ0n) is 11.9. The van der Waals surface area contributed by atoms with Crippen LogP contribution in [0.4, 0.5) is 0 Å². The minimum atomic E-state index is 0. The molecular weight excluding hydrogens is 260 g/mol. The van der Waals surface area contributed by atoms with Gasteiger partial charge in [-0.15, -0.1) is 12.4 Å². The summed E-state index contributed by atoms with van der Waals surface area (Å²) in [6.07, 6.45) is 8.14. The van der Waals surface area contributed by atoms with Gasteiger partial charge in [0.25, 0.3) is 0 Å². The Kier molecular flexibility index (Phi) is 5.13. The van der Waals surface area contributed by atoms with Gasteiger partial charge in [-0.1, -0.05) is 32.1 Å². The second-order valence-electron chi connectivity index (χ2n) is 6.49. The van der Waals surface area contributed by atoms with Crippen LogP contribution >= 0.6 is 12.4 Å². The van der Waals surface area contributed by atoms with Gasteiger partial charge in [-0.3, -0.25) is 4.79 Å². The fourth-order valence-electron chi connectivity index (χ4n) is 3.96. The molecule has 0 bridgehead atoms. The van der Waals surface area contributed by atoms with Crippen LogP contribution in [0.15, 0.2) is 0 Å². The summed E-state index contributed by atoms with van der Waals surface area (Å²) >= 11 is 0. The highest BCUT2D eigenvalue weighted by atomic mass is 35.5. The van der Waals surface area contributed by atoms with Crippen LogP contribution in [0.25, 0.3) is 0 Å². The van der Waals surface area contributed by atoms with E-state index in [1.54, 1.807) is 0 Å². The molecule has 19 heavy (non-hydrogen) atoms. The number of carbonyl (C=O) groups is 1. The summed E-state index contributed by atoms with van der Waals surface area (Å²) < 4.78 is 0. The Morgan fingerprint density at radius 3 is 2.63 bits per heavy atom. The average molecular weight is 287 g/mol. The first kappa shape index (κ1) is 15.1. The van der Waals surface area contributed by atoms with Crippen LogP contribution in [0.2, 0.25) is 0 Å². The van der Waals surface area contributed by atoms with Gasteiger partial charge in [0.1, 0.15) is 0 Å². The SMILES string of the molecule is CC1CNCCN1C(=O)C1CC1C1CCCCC1.Cl. The highest BCUT2D eigenvalue weighted by Gasteiger charge is 2.49. The molecule has 0 aromatic rings. The van der Waals surface area contributed by atoms with Gasteiger partial charge >= 0.3 is 0 Å². The van der Waals surface area contributed by atoms with Gasteiger partial charge in [-0.25, -0.2) is 0 Å². The number of rotatable bonds is 2. The van der Waals surface area contributed by atoms with Crippen LogP contribution in [0.5, 0.6) is 0 Å². The zero-order chi connectivity index (χ0) is 12.5. The van der Waals surface area contributed by atoms with E-state index in [1.165, 1.54) is 38.5 Å². The van der Waals surface area contributed by atoms with E-state index in [4.69, 9.17) is 0 Å². The summed E-state index contributed by atoms with van der Waals surface area (Å²) in [6, 6.07) is 0.388. The van der Waals surface area contributed by atoms with Gasteiger partial charge in [0, 0.05) is 31.6 Å². The van der Waals surface area contributed by atoms with E-state index in [0.717, 1.165) is 31.5 Å². The van der Waals surface area contributed by atoms with Crippen molar-refractivity contribution in [2.45, 2.75) is 51.5 Å². The van der Waals surface area contributed by atoms with Crippen molar-refractivity contribution in [3.8, 4) is 0 Å². The molecular formula is C15H27ClN2O. The Morgan fingerprint density at radius 1 is 1.21 bits per heavy atom. The van der Waals surface area contributed by atoms with E-state index >= 15 is 0 Å². The van der Waals surface area contributed by atoms with Crippen LogP contribution in [0.1, 0.15) is 45.4 Å². The second-order valence-corrected chi connectivity index (χ2v) is 6.49. The van der Waals surface area contributed by atoms with Crippen molar-refractivity contribution in [2.24, 2.45) is 17.8 Å². The molecule has 3 rings (SSSR count). The van der Waals surface area contributed by atoms with Crippen molar-refractivity contribution in [3.63, 3.8) is 0 Å². The first-order valence-corrected chi connectivity index (χ1v) is 7.78. The summed E-state index contributed by atoms with van der Waals surface area (Å²) in [5, 5.41) is 3.36. The maximum Gasteiger partial charge on any atom is 0.226 e. The summed E-state index contributed by atoms with van der Waals surface area (Å²) in [5.74, 6) is 2.44. The first-order chi connectivity index (χ1) is 8.77. The molecule has 3 fully saturated rings. The number of hydrogen-bond acceptors (Lipinski definition) is 2. The predicted molar refractivity (Wildman–Crippen MR) is 79.5 cm³/mol. The van der Waals surface area contributed by atoms with E-state index in [0.29, 0.717) is 17.9 Å². The van der Waals surface area contributed by atoms with E-state index in [9.17, 15) is 4.79 Å². The van der Waals surface area contributed by atoms with Crippen molar-refractivity contribution in [1.29, 1.82) is 0 Å². The largest absolute Gasteiger partial charge is 0.337 e. The number of nitrogens with one attached hydrogen (secondary N) is 1. The van der Waals surface area contributed by atoms with Crippen LogP contribution in [0.3, 0.4) is 0 Å². The number of carbonyl (C=O) groups excluding carboxylic acids is 1. The smallest absolute Gasteiger partial charge is 0.226 e. The standard InChI is InChI=1S/C15H26N2O.ClH/c1-11-10-16-7-8-17(11)15(18)14-9-13(14)12-5-3-2-4-6-12;/h11-14,16H,2-10H2,1H3;1H. The molecule has 0 radical (unpaired) electrons. The van der Waals surface area contributed by atoms with Crippen LogP contribution in [-0.2, 0) is 4.79 Å². The number of halogens is 1. The van der Waals surface area contributed by atoms with Crippen molar-refractivity contribution in [1.82, 2.24) is 10.2 Å². The molecule has 0 aromatic carbocycles. The minimum Gasteiger partial charge on any atom is -0.337 e. The number of piperazine rings is 1. The summed E-state index contributed by atoms with van der Waals surface area (Å²) in [5.41, 5.74) is 0. The summed E-state index contributed by atoms with van der Waals surface area (Å²) in [7, 11) is 0.